The molecule has 1 aromatic carbocycles. The highest BCUT2D eigenvalue weighted by Crippen LogP contribution is 2.22. The zero-order chi connectivity index (χ0) is 17.0. The Morgan fingerprint density at radius 1 is 1.39 bits per heavy atom. The molecular weight excluding hydrogens is 292 g/mol. The van der Waals surface area contributed by atoms with Gasteiger partial charge in [0.05, 0.1) is 0 Å². The molecule has 1 aromatic rings. The van der Waals surface area contributed by atoms with Crippen LogP contribution in [-0.2, 0) is 4.74 Å². The number of phenolic OH excluding ortho intramolecular Hbond substituents is 1. The Balaban J connectivity index is 1.91. The van der Waals surface area contributed by atoms with Gasteiger partial charge in [0.25, 0.3) is 0 Å². The lowest BCUT2D eigenvalue weighted by Crippen LogP contribution is -2.39. The topological polar surface area (TPSA) is 61.8 Å². The minimum absolute atomic E-state index is 0.221. The fourth-order valence-corrected chi connectivity index (χ4v) is 2.83. The number of nitrogens with zero attached hydrogens (tertiary/aromatic N) is 1. The summed E-state index contributed by atoms with van der Waals surface area (Å²) in [6.45, 7) is 9.17. The standard InChI is InChI=1S/C18H28N2O3/c1-5-16(13-6-8-15(21)9-7-13)19-14-10-11-20(12-14)17(22)23-18(2,3)4/h6-9,14,16,19,21H,5,10-12H2,1-4H3. The van der Waals surface area contributed by atoms with E-state index in [-0.39, 0.29) is 23.9 Å². The maximum atomic E-state index is 12.1. The van der Waals surface area contributed by atoms with Crippen molar-refractivity contribution in [1.82, 2.24) is 10.2 Å². The Kier molecular flexibility index (Phi) is 5.52. The number of nitrogens with one attached hydrogen (secondary N) is 1. The maximum Gasteiger partial charge on any atom is 0.410 e. The smallest absolute Gasteiger partial charge is 0.410 e. The number of rotatable bonds is 4. The Labute approximate surface area is 138 Å². The van der Waals surface area contributed by atoms with Crippen molar-refractivity contribution in [3.63, 3.8) is 0 Å². The largest absolute Gasteiger partial charge is 0.508 e. The molecule has 23 heavy (non-hydrogen) atoms. The van der Waals surface area contributed by atoms with Crippen LogP contribution in [-0.4, -0.2) is 40.8 Å². The third-order valence-electron chi connectivity index (χ3n) is 3.98. The number of hydrogen-bond donors (Lipinski definition) is 2. The summed E-state index contributed by atoms with van der Waals surface area (Å²) in [6, 6.07) is 7.79. The van der Waals surface area contributed by atoms with E-state index in [2.05, 4.69) is 12.2 Å². The number of hydrogen-bond acceptors (Lipinski definition) is 4. The highest BCUT2D eigenvalue weighted by Gasteiger charge is 2.30. The SMILES string of the molecule is CCC(NC1CCN(C(=O)OC(C)(C)C)C1)c1ccc(O)cc1. The summed E-state index contributed by atoms with van der Waals surface area (Å²) in [4.78, 5) is 13.9. The van der Waals surface area contributed by atoms with Crippen LogP contribution in [0.15, 0.2) is 24.3 Å². The minimum atomic E-state index is -0.458. The van der Waals surface area contributed by atoms with Gasteiger partial charge in [-0.05, 0) is 51.3 Å². The average Bonchev–Trinajstić information content (AvgIpc) is 2.93. The van der Waals surface area contributed by atoms with Gasteiger partial charge in [-0.2, -0.15) is 0 Å². The fourth-order valence-electron chi connectivity index (χ4n) is 2.83. The summed E-state index contributed by atoms with van der Waals surface area (Å²) in [5.41, 5.74) is 0.696. The van der Waals surface area contributed by atoms with Gasteiger partial charge in [0, 0.05) is 25.2 Å². The Hall–Kier alpha value is -1.75. The van der Waals surface area contributed by atoms with Gasteiger partial charge in [-0.25, -0.2) is 4.79 Å². The third kappa shape index (κ3) is 5.13. The van der Waals surface area contributed by atoms with E-state index in [9.17, 15) is 9.90 Å². The third-order valence-corrected chi connectivity index (χ3v) is 3.98. The van der Waals surface area contributed by atoms with Crippen LogP contribution in [0.25, 0.3) is 0 Å². The predicted molar refractivity (Wildman–Crippen MR) is 90.5 cm³/mol. The van der Waals surface area contributed by atoms with Crippen LogP contribution < -0.4 is 5.32 Å². The summed E-state index contributed by atoms with van der Waals surface area (Å²) >= 11 is 0. The molecule has 1 aliphatic heterocycles. The Morgan fingerprint density at radius 2 is 2.04 bits per heavy atom. The molecule has 2 rings (SSSR count). The summed E-state index contributed by atoms with van der Waals surface area (Å²) in [5.74, 6) is 0.278. The lowest BCUT2D eigenvalue weighted by Gasteiger charge is -2.25. The monoisotopic (exact) mass is 320 g/mol. The molecule has 0 bridgehead atoms. The number of benzene rings is 1. The van der Waals surface area contributed by atoms with Crippen molar-refractivity contribution in [2.75, 3.05) is 13.1 Å². The first-order valence-corrected chi connectivity index (χ1v) is 8.31. The lowest BCUT2D eigenvalue weighted by atomic mass is 10.0. The molecule has 128 valence electrons. The maximum absolute atomic E-state index is 12.1. The first-order valence-electron chi connectivity index (χ1n) is 8.31. The summed E-state index contributed by atoms with van der Waals surface area (Å²) in [5, 5.41) is 13.0. The second-order valence-corrected chi connectivity index (χ2v) is 7.13. The van der Waals surface area contributed by atoms with Crippen LogP contribution in [0.1, 0.15) is 52.1 Å². The first-order chi connectivity index (χ1) is 10.8. The molecule has 2 N–H and O–H groups in total. The van der Waals surface area contributed by atoms with Crippen LogP contribution in [0.3, 0.4) is 0 Å². The highest BCUT2D eigenvalue weighted by atomic mass is 16.6. The highest BCUT2D eigenvalue weighted by molar-refractivity contribution is 5.68. The van der Waals surface area contributed by atoms with Crippen molar-refractivity contribution in [3.05, 3.63) is 29.8 Å². The van der Waals surface area contributed by atoms with E-state index in [1.807, 2.05) is 32.9 Å². The van der Waals surface area contributed by atoms with E-state index in [1.54, 1.807) is 17.0 Å². The Morgan fingerprint density at radius 3 is 2.61 bits per heavy atom. The quantitative estimate of drug-likeness (QED) is 0.892. The van der Waals surface area contributed by atoms with Crippen molar-refractivity contribution < 1.29 is 14.6 Å². The molecule has 5 nitrogen and oxygen atoms in total. The summed E-state index contributed by atoms with van der Waals surface area (Å²) in [7, 11) is 0. The number of carbonyl (C=O) groups excluding carboxylic acids is 1. The van der Waals surface area contributed by atoms with Crippen molar-refractivity contribution in [2.45, 2.75) is 58.2 Å². The van der Waals surface area contributed by atoms with Crippen LogP contribution in [0, 0.1) is 0 Å². The van der Waals surface area contributed by atoms with Gasteiger partial charge in [-0.3, -0.25) is 0 Å². The van der Waals surface area contributed by atoms with Gasteiger partial charge >= 0.3 is 6.09 Å². The molecule has 0 saturated carbocycles. The van der Waals surface area contributed by atoms with E-state index < -0.39 is 5.60 Å². The summed E-state index contributed by atoms with van der Waals surface area (Å²) in [6.07, 6.45) is 1.64. The molecule has 5 heteroatoms. The fraction of sp³-hybridized carbons (Fsp3) is 0.611. The molecule has 0 radical (unpaired) electrons. The molecular formula is C18H28N2O3. The van der Waals surface area contributed by atoms with Gasteiger partial charge in [-0.15, -0.1) is 0 Å². The van der Waals surface area contributed by atoms with Crippen LogP contribution in [0.2, 0.25) is 0 Å². The van der Waals surface area contributed by atoms with Gasteiger partial charge in [0.15, 0.2) is 0 Å². The van der Waals surface area contributed by atoms with Gasteiger partial charge < -0.3 is 20.1 Å². The average molecular weight is 320 g/mol. The Bertz CT molecular complexity index is 522. The lowest BCUT2D eigenvalue weighted by molar-refractivity contribution is 0.0290. The molecule has 0 spiro atoms. The zero-order valence-corrected chi connectivity index (χ0v) is 14.5. The number of likely N-dealkylation sites (tertiary alicyclic amines) is 1. The van der Waals surface area contributed by atoms with Gasteiger partial charge in [0.2, 0.25) is 0 Å². The molecule has 0 aromatic heterocycles. The van der Waals surface area contributed by atoms with E-state index in [0.29, 0.717) is 6.54 Å². The molecule has 1 heterocycles. The van der Waals surface area contributed by atoms with Gasteiger partial charge in [0.1, 0.15) is 11.4 Å². The van der Waals surface area contributed by atoms with Crippen molar-refractivity contribution in [1.29, 1.82) is 0 Å². The molecule has 2 unspecified atom stereocenters. The second kappa shape index (κ2) is 7.21. The number of aromatic hydroxyl groups is 1. The van der Waals surface area contributed by atoms with Crippen LogP contribution in [0.5, 0.6) is 5.75 Å². The van der Waals surface area contributed by atoms with E-state index >= 15 is 0 Å². The van der Waals surface area contributed by atoms with E-state index in [1.165, 1.54) is 0 Å². The predicted octanol–water partition coefficient (Wildman–Crippen LogP) is 3.44. The van der Waals surface area contributed by atoms with E-state index in [4.69, 9.17) is 4.74 Å². The molecule has 1 saturated heterocycles. The van der Waals surface area contributed by atoms with E-state index in [0.717, 1.165) is 24.9 Å². The number of ether oxygens (including phenoxy) is 1. The van der Waals surface area contributed by atoms with Crippen molar-refractivity contribution >= 4 is 6.09 Å². The minimum Gasteiger partial charge on any atom is -0.508 e. The van der Waals surface area contributed by atoms with Crippen molar-refractivity contribution in [2.24, 2.45) is 0 Å². The molecule has 1 aliphatic rings. The zero-order valence-electron chi connectivity index (χ0n) is 14.5. The molecule has 2 atom stereocenters. The molecule has 1 amide bonds. The number of amides is 1. The van der Waals surface area contributed by atoms with Crippen LogP contribution in [0.4, 0.5) is 4.79 Å². The number of carbonyl (C=O) groups is 1. The van der Waals surface area contributed by atoms with Crippen molar-refractivity contribution in [3.8, 4) is 5.75 Å². The molecule has 1 fully saturated rings. The first kappa shape index (κ1) is 17.6. The summed E-state index contributed by atoms with van der Waals surface area (Å²) < 4.78 is 5.43. The normalized spacial score (nSPS) is 19.7. The second-order valence-electron chi connectivity index (χ2n) is 7.13. The molecule has 0 aliphatic carbocycles. The van der Waals surface area contributed by atoms with Gasteiger partial charge in [-0.1, -0.05) is 19.1 Å². The van der Waals surface area contributed by atoms with Crippen LogP contribution >= 0.6 is 0 Å². The number of phenols is 1.